The number of hydrogen-bond donors (Lipinski definition) is 1. The quantitative estimate of drug-likeness (QED) is 0.591. The minimum atomic E-state index is 0.00222. The molecule has 0 aliphatic carbocycles. The molecule has 0 aromatic rings. The van der Waals surface area contributed by atoms with Crippen molar-refractivity contribution in [2.75, 3.05) is 34.4 Å². The fraction of sp³-hybridized carbons (Fsp3) is 1.00. The third-order valence-corrected chi connectivity index (χ3v) is 1.44. The Hall–Kier alpha value is -0.120. The zero-order chi connectivity index (χ0) is 7.98. The summed E-state index contributed by atoms with van der Waals surface area (Å²) in [6.07, 6.45) is 0.891. The third kappa shape index (κ3) is 4.73. The lowest BCUT2D eigenvalue weighted by Crippen LogP contribution is -2.23. The Kier molecular flexibility index (Phi) is 5.58. The highest BCUT2D eigenvalue weighted by Crippen LogP contribution is 1.95. The van der Waals surface area contributed by atoms with Gasteiger partial charge in [0.05, 0.1) is 12.7 Å². The van der Waals surface area contributed by atoms with Crippen LogP contribution in [0.3, 0.4) is 0 Å². The smallest absolute Gasteiger partial charge is 0.0814 e. The fourth-order valence-corrected chi connectivity index (χ4v) is 0.686. The molecule has 1 atom stereocenters. The van der Waals surface area contributed by atoms with Crippen LogP contribution in [0, 0.1) is 0 Å². The van der Waals surface area contributed by atoms with E-state index >= 15 is 0 Å². The van der Waals surface area contributed by atoms with Crippen LogP contribution in [0.4, 0.5) is 0 Å². The Labute approximate surface area is 62.6 Å². The summed E-state index contributed by atoms with van der Waals surface area (Å²) in [6, 6.07) is 0. The van der Waals surface area contributed by atoms with Crippen molar-refractivity contribution in [2.24, 2.45) is 0 Å². The van der Waals surface area contributed by atoms with Gasteiger partial charge in [-0.3, -0.25) is 0 Å². The number of rotatable bonds is 5. The van der Waals surface area contributed by atoms with Crippen LogP contribution in [0.15, 0.2) is 0 Å². The van der Waals surface area contributed by atoms with Gasteiger partial charge in [-0.2, -0.15) is 0 Å². The monoisotopic (exact) mass is 147 g/mol. The molecule has 1 unspecified atom stereocenters. The predicted molar refractivity (Wildman–Crippen MR) is 41.1 cm³/mol. The first-order valence-electron chi connectivity index (χ1n) is 3.49. The van der Waals surface area contributed by atoms with Crippen molar-refractivity contribution >= 4 is 0 Å². The molecule has 0 aliphatic heterocycles. The van der Waals surface area contributed by atoms with Crippen molar-refractivity contribution in [3.8, 4) is 0 Å². The van der Waals surface area contributed by atoms with Crippen molar-refractivity contribution in [1.82, 2.24) is 4.90 Å². The van der Waals surface area contributed by atoms with Crippen LogP contribution in [0.2, 0.25) is 0 Å². The van der Waals surface area contributed by atoms with Crippen molar-refractivity contribution in [3.63, 3.8) is 0 Å². The molecular formula is C7H17NO2. The Bertz CT molecular complexity index is 72.0. The van der Waals surface area contributed by atoms with Gasteiger partial charge in [0.15, 0.2) is 0 Å². The minimum absolute atomic E-state index is 0.00222. The molecule has 0 spiro atoms. The molecule has 0 rings (SSSR count). The first-order valence-corrected chi connectivity index (χ1v) is 3.49. The average molecular weight is 147 g/mol. The van der Waals surface area contributed by atoms with Gasteiger partial charge in [0, 0.05) is 13.7 Å². The molecule has 62 valence electrons. The topological polar surface area (TPSA) is 32.7 Å². The normalized spacial score (nSPS) is 14.1. The number of ether oxygens (including phenoxy) is 1. The van der Waals surface area contributed by atoms with Crippen LogP contribution >= 0.6 is 0 Å². The van der Waals surface area contributed by atoms with E-state index in [2.05, 4.69) is 4.90 Å². The van der Waals surface area contributed by atoms with Crippen LogP contribution < -0.4 is 0 Å². The number of aliphatic hydroxyl groups excluding tert-OH is 1. The Morgan fingerprint density at radius 1 is 1.50 bits per heavy atom. The number of hydrogen-bond acceptors (Lipinski definition) is 3. The lowest BCUT2D eigenvalue weighted by molar-refractivity contribution is 0.0388. The molecule has 0 saturated heterocycles. The third-order valence-electron chi connectivity index (χ3n) is 1.44. The SMILES string of the molecule is COC(CO)CCN(C)C. The molecule has 3 nitrogen and oxygen atoms in total. The molecule has 0 fully saturated rings. The number of nitrogens with zero attached hydrogens (tertiary/aromatic N) is 1. The molecule has 0 aliphatic rings. The number of methoxy groups -OCH3 is 1. The second-order valence-electron chi connectivity index (χ2n) is 2.63. The van der Waals surface area contributed by atoms with E-state index in [0.29, 0.717) is 0 Å². The van der Waals surface area contributed by atoms with Crippen molar-refractivity contribution in [1.29, 1.82) is 0 Å². The average Bonchev–Trinajstić information content (AvgIpc) is 1.90. The standard InChI is InChI=1S/C7H17NO2/c1-8(2)5-4-7(6-9)10-3/h7,9H,4-6H2,1-3H3. The maximum atomic E-state index is 8.70. The van der Waals surface area contributed by atoms with E-state index in [1.54, 1.807) is 7.11 Å². The zero-order valence-electron chi connectivity index (χ0n) is 7.00. The zero-order valence-corrected chi connectivity index (χ0v) is 7.00. The summed E-state index contributed by atoms with van der Waals surface area (Å²) in [5.41, 5.74) is 0. The summed E-state index contributed by atoms with van der Waals surface area (Å²) in [5, 5.41) is 8.70. The summed E-state index contributed by atoms with van der Waals surface area (Å²) in [7, 11) is 5.63. The molecule has 0 saturated carbocycles. The summed E-state index contributed by atoms with van der Waals surface area (Å²) in [6.45, 7) is 1.07. The lowest BCUT2D eigenvalue weighted by Gasteiger charge is -2.15. The molecule has 10 heavy (non-hydrogen) atoms. The van der Waals surface area contributed by atoms with E-state index in [0.717, 1.165) is 13.0 Å². The predicted octanol–water partition coefficient (Wildman–Crippen LogP) is -0.0546. The van der Waals surface area contributed by atoms with E-state index in [-0.39, 0.29) is 12.7 Å². The van der Waals surface area contributed by atoms with Crippen molar-refractivity contribution < 1.29 is 9.84 Å². The summed E-state index contributed by atoms with van der Waals surface area (Å²) >= 11 is 0. The second-order valence-corrected chi connectivity index (χ2v) is 2.63. The molecule has 3 heteroatoms. The van der Waals surface area contributed by atoms with Gasteiger partial charge in [-0.05, 0) is 20.5 Å². The number of aliphatic hydroxyl groups is 1. The van der Waals surface area contributed by atoms with E-state index < -0.39 is 0 Å². The Morgan fingerprint density at radius 3 is 2.40 bits per heavy atom. The van der Waals surface area contributed by atoms with Crippen LogP contribution in [0.25, 0.3) is 0 Å². The van der Waals surface area contributed by atoms with E-state index in [9.17, 15) is 0 Å². The molecule has 0 radical (unpaired) electrons. The summed E-state index contributed by atoms with van der Waals surface area (Å²) in [5.74, 6) is 0. The summed E-state index contributed by atoms with van der Waals surface area (Å²) < 4.78 is 4.97. The maximum Gasteiger partial charge on any atom is 0.0814 e. The molecular weight excluding hydrogens is 130 g/mol. The van der Waals surface area contributed by atoms with Gasteiger partial charge in [0.25, 0.3) is 0 Å². The Morgan fingerprint density at radius 2 is 2.10 bits per heavy atom. The largest absolute Gasteiger partial charge is 0.394 e. The van der Waals surface area contributed by atoms with Crippen molar-refractivity contribution in [2.45, 2.75) is 12.5 Å². The minimum Gasteiger partial charge on any atom is -0.394 e. The molecule has 0 aromatic carbocycles. The second kappa shape index (κ2) is 5.65. The van der Waals surface area contributed by atoms with E-state index in [1.807, 2.05) is 14.1 Å². The van der Waals surface area contributed by atoms with Crippen LogP contribution in [0.5, 0.6) is 0 Å². The molecule has 0 aromatic heterocycles. The van der Waals surface area contributed by atoms with Gasteiger partial charge >= 0.3 is 0 Å². The molecule has 0 amide bonds. The van der Waals surface area contributed by atoms with Crippen molar-refractivity contribution in [3.05, 3.63) is 0 Å². The van der Waals surface area contributed by atoms with Gasteiger partial charge in [-0.1, -0.05) is 0 Å². The maximum absolute atomic E-state index is 8.70. The van der Waals surface area contributed by atoms with E-state index in [4.69, 9.17) is 9.84 Å². The highest BCUT2D eigenvalue weighted by molar-refractivity contribution is 4.56. The first-order chi connectivity index (χ1) is 4.70. The van der Waals surface area contributed by atoms with Gasteiger partial charge in [0.2, 0.25) is 0 Å². The summed E-state index contributed by atoms with van der Waals surface area (Å²) in [4.78, 5) is 2.07. The van der Waals surface area contributed by atoms with Crippen LogP contribution in [-0.4, -0.2) is 50.5 Å². The van der Waals surface area contributed by atoms with Gasteiger partial charge < -0.3 is 14.7 Å². The first kappa shape index (κ1) is 9.88. The van der Waals surface area contributed by atoms with Crippen LogP contribution in [0.1, 0.15) is 6.42 Å². The van der Waals surface area contributed by atoms with Gasteiger partial charge in [-0.25, -0.2) is 0 Å². The highest BCUT2D eigenvalue weighted by Gasteiger charge is 2.04. The molecule has 1 N–H and O–H groups in total. The van der Waals surface area contributed by atoms with Crippen LogP contribution in [-0.2, 0) is 4.74 Å². The van der Waals surface area contributed by atoms with Gasteiger partial charge in [-0.15, -0.1) is 0 Å². The molecule has 0 bridgehead atoms. The van der Waals surface area contributed by atoms with E-state index in [1.165, 1.54) is 0 Å². The fourth-order valence-electron chi connectivity index (χ4n) is 0.686. The van der Waals surface area contributed by atoms with Gasteiger partial charge in [0.1, 0.15) is 0 Å². The molecule has 0 heterocycles. The Balaban J connectivity index is 3.26. The highest BCUT2D eigenvalue weighted by atomic mass is 16.5. The lowest BCUT2D eigenvalue weighted by atomic mass is 10.2.